The van der Waals surface area contributed by atoms with E-state index in [0.29, 0.717) is 6.54 Å². The summed E-state index contributed by atoms with van der Waals surface area (Å²) in [6.07, 6.45) is 3.75. The smallest absolute Gasteiger partial charge is 0.238 e. The normalized spacial score (nSPS) is 18.7. The molecule has 0 bridgehead atoms. The van der Waals surface area contributed by atoms with Crippen molar-refractivity contribution in [3.63, 3.8) is 0 Å². The number of imidazole rings is 1. The van der Waals surface area contributed by atoms with E-state index in [1.165, 1.54) is 5.56 Å². The van der Waals surface area contributed by atoms with Gasteiger partial charge in [-0.3, -0.25) is 9.69 Å². The molecular formula is C20H29N5O. The van der Waals surface area contributed by atoms with Crippen molar-refractivity contribution >= 4 is 11.6 Å². The van der Waals surface area contributed by atoms with Gasteiger partial charge in [0.25, 0.3) is 0 Å². The lowest BCUT2D eigenvalue weighted by Gasteiger charge is -2.35. The monoisotopic (exact) mass is 355 g/mol. The highest BCUT2D eigenvalue weighted by Crippen LogP contribution is 2.24. The summed E-state index contributed by atoms with van der Waals surface area (Å²) < 4.78 is 2.02. The maximum Gasteiger partial charge on any atom is 0.238 e. The van der Waals surface area contributed by atoms with Crippen LogP contribution in [-0.4, -0.2) is 46.5 Å². The summed E-state index contributed by atoms with van der Waals surface area (Å²) >= 11 is 0. The second-order valence-corrected chi connectivity index (χ2v) is 7.96. The molecule has 1 unspecified atom stereocenters. The number of hydrogen-bond acceptors (Lipinski definition) is 4. The van der Waals surface area contributed by atoms with Gasteiger partial charge < -0.3 is 15.2 Å². The maximum atomic E-state index is 12.6. The molecule has 6 nitrogen and oxygen atoms in total. The van der Waals surface area contributed by atoms with E-state index in [-0.39, 0.29) is 17.4 Å². The zero-order valence-corrected chi connectivity index (χ0v) is 16.1. The first kappa shape index (κ1) is 18.6. The number of hydrogen-bond donors (Lipinski definition) is 2. The van der Waals surface area contributed by atoms with Crippen LogP contribution < -0.4 is 10.6 Å². The zero-order chi connectivity index (χ0) is 18.7. The molecule has 1 aliphatic heterocycles. The van der Waals surface area contributed by atoms with Crippen LogP contribution in [0.5, 0.6) is 0 Å². The summed E-state index contributed by atoms with van der Waals surface area (Å²) in [5, 5.41) is 6.42. The molecule has 0 spiro atoms. The fraction of sp³-hybridized carbons (Fsp3) is 0.500. The van der Waals surface area contributed by atoms with E-state index >= 15 is 0 Å². The maximum absolute atomic E-state index is 12.6. The van der Waals surface area contributed by atoms with Gasteiger partial charge in [-0.1, -0.05) is 32.9 Å². The van der Waals surface area contributed by atoms with Crippen LogP contribution in [0.1, 0.15) is 38.2 Å². The van der Waals surface area contributed by atoms with Gasteiger partial charge in [0.15, 0.2) is 0 Å². The van der Waals surface area contributed by atoms with Crippen molar-refractivity contribution in [1.82, 2.24) is 19.8 Å². The Morgan fingerprint density at radius 1 is 1.31 bits per heavy atom. The largest absolute Gasteiger partial charge is 0.337 e. The molecule has 1 fully saturated rings. The number of amides is 1. The molecule has 2 aromatic rings. The highest BCUT2D eigenvalue weighted by Gasteiger charge is 2.28. The molecule has 140 valence electrons. The predicted octanol–water partition coefficient (Wildman–Crippen LogP) is 2.30. The first-order valence-corrected chi connectivity index (χ1v) is 9.17. The second-order valence-electron chi connectivity index (χ2n) is 7.96. The minimum Gasteiger partial charge on any atom is -0.337 e. The molecule has 0 saturated carbocycles. The van der Waals surface area contributed by atoms with E-state index in [2.05, 4.69) is 53.4 Å². The van der Waals surface area contributed by atoms with E-state index in [0.717, 1.165) is 31.1 Å². The third kappa shape index (κ3) is 4.31. The number of carbonyl (C=O) groups excluding carboxylic acids is 1. The lowest BCUT2D eigenvalue weighted by atomic mass is 9.87. The van der Waals surface area contributed by atoms with Gasteiger partial charge >= 0.3 is 0 Å². The summed E-state index contributed by atoms with van der Waals surface area (Å²) in [5.41, 5.74) is 2.21. The molecule has 1 aromatic heterocycles. The summed E-state index contributed by atoms with van der Waals surface area (Å²) in [7, 11) is 1.99. The quantitative estimate of drug-likeness (QED) is 0.883. The summed E-state index contributed by atoms with van der Waals surface area (Å²) in [6, 6.07) is 8.23. The molecule has 1 saturated heterocycles. The number of rotatable bonds is 4. The van der Waals surface area contributed by atoms with Gasteiger partial charge in [0, 0.05) is 44.8 Å². The van der Waals surface area contributed by atoms with Crippen molar-refractivity contribution in [3.8, 4) is 0 Å². The molecule has 26 heavy (non-hydrogen) atoms. The topological polar surface area (TPSA) is 62.2 Å². The van der Waals surface area contributed by atoms with Crippen LogP contribution in [0.15, 0.2) is 36.7 Å². The molecule has 1 amide bonds. The summed E-state index contributed by atoms with van der Waals surface area (Å²) in [4.78, 5) is 19.2. The Labute approximate surface area is 155 Å². The molecule has 3 rings (SSSR count). The van der Waals surface area contributed by atoms with Gasteiger partial charge in [-0.2, -0.15) is 0 Å². The van der Waals surface area contributed by atoms with Crippen LogP contribution in [0.3, 0.4) is 0 Å². The third-order valence-corrected chi connectivity index (χ3v) is 4.89. The van der Waals surface area contributed by atoms with Gasteiger partial charge in [0.1, 0.15) is 5.82 Å². The molecule has 0 aliphatic carbocycles. The van der Waals surface area contributed by atoms with Gasteiger partial charge in [0.2, 0.25) is 5.91 Å². The Morgan fingerprint density at radius 2 is 2.04 bits per heavy atom. The van der Waals surface area contributed by atoms with Crippen molar-refractivity contribution < 1.29 is 4.79 Å². The minimum atomic E-state index is 0.00891. The highest BCUT2D eigenvalue weighted by atomic mass is 16.2. The van der Waals surface area contributed by atoms with E-state index in [1.807, 2.05) is 29.9 Å². The van der Waals surface area contributed by atoms with E-state index < -0.39 is 0 Å². The van der Waals surface area contributed by atoms with Crippen molar-refractivity contribution in [3.05, 3.63) is 48.0 Å². The lowest BCUT2D eigenvalue weighted by molar-refractivity contribution is -0.118. The zero-order valence-electron chi connectivity index (χ0n) is 16.1. The molecule has 0 radical (unpaired) electrons. The first-order valence-electron chi connectivity index (χ1n) is 9.17. The van der Waals surface area contributed by atoms with Crippen LogP contribution in [0.25, 0.3) is 0 Å². The van der Waals surface area contributed by atoms with Crippen LogP contribution in [-0.2, 0) is 17.3 Å². The summed E-state index contributed by atoms with van der Waals surface area (Å²) in [5.74, 6) is 0.995. The van der Waals surface area contributed by atoms with Crippen LogP contribution in [0, 0.1) is 0 Å². The Balaban J connectivity index is 1.64. The Hall–Kier alpha value is -2.18. The van der Waals surface area contributed by atoms with Crippen LogP contribution in [0.4, 0.5) is 5.69 Å². The third-order valence-electron chi connectivity index (χ3n) is 4.89. The Morgan fingerprint density at radius 3 is 2.65 bits per heavy atom. The average molecular weight is 355 g/mol. The molecule has 1 atom stereocenters. The predicted molar refractivity (Wildman–Crippen MR) is 104 cm³/mol. The Kier molecular flexibility index (Phi) is 5.44. The number of piperazine rings is 1. The number of anilines is 1. The lowest BCUT2D eigenvalue weighted by Crippen LogP contribution is -2.49. The number of carbonyl (C=O) groups is 1. The van der Waals surface area contributed by atoms with Crippen molar-refractivity contribution in [2.24, 2.45) is 7.05 Å². The minimum absolute atomic E-state index is 0.00891. The number of nitrogens with one attached hydrogen (secondary N) is 2. The first-order chi connectivity index (χ1) is 12.3. The Bertz CT molecular complexity index is 744. The molecule has 2 heterocycles. The fourth-order valence-electron chi connectivity index (χ4n) is 3.33. The number of aromatic nitrogens is 2. The molecule has 1 aromatic carbocycles. The van der Waals surface area contributed by atoms with Crippen molar-refractivity contribution in [2.75, 3.05) is 31.5 Å². The van der Waals surface area contributed by atoms with Gasteiger partial charge in [-0.15, -0.1) is 0 Å². The highest BCUT2D eigenvalue weighted by molar-refractivity contribution is 5.92. The van der Waals surface area contributed by atoms with Crippen molar-refractivity contribution in [2.45, 2.75) is 32.2 Å². The van der Waals surface area contributed by atoms with Crippen LogP contribution >= 0.6 is 0 Å². The number of nitrogens with zero attached hydrogens (tertiary/aromatic N) is 3. The van der Waals surface area contributed by atoms with Gasteiger partial charge in [-0.25, -0.2) is 4.98 Å². The molecular weight excluding hydrogens is 326 g/mol. The molecule has 2 N–H and O–H groups in total. The second kappa shape index (κ2) is 7.60. The summed E-state index contributed by atoms with van der Waals surface area (Å²) in [6.45, 7) is 9.43. The van der Waals surface area contributed by atoms with E-state index in [1.54, 1.807) is 6.20 Å². The van der Waals surface area contributed by atoms with Gasteiger partial charge in [-0.05, 0) is 23.1 Å². The number of benzene rings is 1. The van der Waals surface area contributed by atoms with Gasteiger partial charge in [0.05, 0.1) is 12.6 Å². The standard InChI is InChI=1S/C20H29N5O/c1-20(2,3)15-5-7-16(8-6-15)23-18(26)14-25-12-9-21-13-17(25)19-22-10-11-24(19)4/h5-8,10-11,17,21H,9,12-14H2,1-4H3,(H,23,26). The van der Waals surface area contributed by atoms with E-state index in [4.69, 9.17) is 0 Å². The molecule has 1 aliphatic rings. The fourth-order valence-corrected chi connectivity index (χ4v) is 3.33. The van der Waals surface area contributed by atoms with E-state index in [9.17, 15) is 4.79 Å². The van der Waals surface area contributed by atoms with Crippen LogP contribution in [0.2, 0.25) is 0 Å². The molecule has 6 heteroatoms. The average Bonchev–Trinajstić information content (AvgIpc) is 3.01. The number of aryl methyl sites for hydroxylation is 1. The van der Waals surface area contributed by atoms with Crippen molar-refractivity contribution in [1.29, 1.82) is 0 Å². The SMILES string of the molecule is Cn1ccnc1C1CNCCN1CC(=O)Nc1ccc(C(C)(C)C)cc1.